The van der Waals surface area contributed by atoms with Crippen LogP contribution >= 0.6 is 0 Å². The molecule has 5 heteroatoms. The van der Waals surface area contributed by atoms with E-state index < -0.39 is 0 Å². The molecule has 0 unspecified atom stereocenters. The van der Waals surface area contributed by atoms with Crippen molar-refractivity contribution in [1.29, 1.82) is 5.26 Å². The molecule has 0 fully saturated rings. The van der Waals surface area contributed by atoms with Crippen LogP contribution < -0.4 is 21.7 Å². The maximum atomic E-state index is 8.97. The third-order valence-corrected chi connectivity index (χ3v) is 3.10. The Labute approximate surface area is 123 Å². The minimum absolute atomic E-state index is 0.137. The van der Waals surface area contributed by atoms with Crippen LogP contribution in [0.2, 0.25) is 0 Å². The number of methoxy groups -OCH3 is 1. The fourth-order valence-electron chi connectivity index (χ4n) is 1.98. The average Bonchev–Trinajstić information content (AvgIpc) is 2.56. The molecule has 0 radical (unpaired) electrons. The van der Waals surface area contributed by atoms with Crippen molar-refractivity contribution < 1.29 is 4.74 Å². The lowest BCUT2D eigenvalue weighted by atomic mass is 10.0. The van der Waals surface area contributed by atoms with E-state index in [1.165, 1.54) is 0 Å². The van der Waals surface area contributed by atoms with Gasteiger partial charge in [0.2, 0.25) is 0 Å². The Balaban J connectivity index is 2.47. The highest BCUT2D eigenvalue weighted by Crippen LogP contribution is 2.26. The predicted molar refractivity (Wildman–Crippen MR) is 82.5 cm³/mol. The zero-order valence-corrected chi connectivity index (χ0v) is 11.6. The van der Waals surface area contributed by atoms with Crippen LogP contribution in [0.15, 0.2) is 54.2 Å². The van der Waals surface area contributed by atoms with Crippen molar-refractivity contribution in [1.82, 2.24) is 5.43 Å². The molecule has 5 nitrogen and oxygen atoms in total. The first-order valence-electron chi connectivity index (χ1n) is 6.31. The van der Waals surface area contributed by atoms with Gasteiger partial charge in [-0.2, -0.15) is 5.26 Å². The third-order valence-electron chi connectivity index (χ3n) is 3.10. The molecule has 5 N–H and O–H groups in total. The number of hydrogen-bond donors (Lipinski definition) is 3. The third kappa shape index (κ3) is 3.14. The number of nitrogens with zero attached hydrogens (tertiary/aromatic N) is 1. The van der Waals surface area contributed by atoms with Gasteiger partial charge in [0.15, 0.2) is 5.70 Å². The van der Waals surface area contributed by atoms with Crippen LogP contribution in [-0.2, 0) is 0 Å². The summed E-state index contributed by atoms with van der Waals surface area (Å²) < 4.78 is 5.22. The number of hydrogen-bond acceptors (Lipinski definition) is 5. The van der Waals surface area contributed by atoms with Crippen molar-refractivity contribution in [2.24, 2.45) is 11.6 Å². The molecule has 0 bridgehead atoms. The van der Waals surface area contributed by atoms with Crippen molar-refractivity contribution in [2.75, 3.05) is 7.11 Å². The summed E-state index contributed by atoms with van der Waals surface area (Å²) in [6.07, 6.45) is 0. The second kappa shape index (κ2) is 6.46. The quantitative estimate of drug-likeness (QED) is 0.452. The van der Waals surface area contributed by atoms with E-state index in [9.17, 15) is 0 Å². The lowest BCUT2D eigenvalue weighted by molar-refractivity contribution is 0.415. The monoisotopic (exact) mass is 280 g/mol. The Morgan fingerprint density at radius 3 is 2.43 bits per heavy atom. The van der Waals surface area contributed by atoms with Gasteiger partial charge >= 0.3 is 0 Å². The summed E-state index contributed by atoms with van der Waals surface area (Å²) in [6.45, 7) is 0. The van der Waals surface area contributed by atoms with Gasteiger partial charge in [-0.3, -0.25) is 0 Å². The predicted octanol–water partition coefficient (Wildman–Crippen LogP) is 1.98. The van der Waals surface area contributed by atoms with Gasteiger partial charge in [-0.1, -0.05) is 30.3 Å². The molecule has 0 aromatic heterocycles. The largest absolute Gasteiger partial charge is 0.497 e. The van der Waals surface area contributed by atoms with Crippen molar-refractivity contribution in [3.8, 4) is 22.9 Å². The molecular formula is C16H16N4O. The molecule has 0 aliphatic carbocycles. The fourth-order valence-corrected chi connectivity index (χ4v) is 1.98. The van der Waals surface area contributed by atoms with Crippen LogP contribution in [0.5, 0.6) is 5.75 Å². The molecule has 0 saturated carbocycles. The summed E-state index contributed by atoms with van der Waals surface area (Å²) in [7, 11) is 1.63. The number of hydrazine groups is 1. The van der Waals surface area contributed by atoms with Crippen molar-refractivity contribution in [3.05, 3.63) is 59.8 Å². The van der Waals surface area contributed by atoms with E-state index in [1.807, 2.05) is 54.6 Å². The summed E-state index contributed by atoms with van der Waals surface area (Å²) in [5, 5.41) is 8.97. The Morgan fingerprint density at radius 1 is 1.14 bits per heavy atom. The number of allylic oxidation sites excluding steroid dienone is 1. The van der Waals surface area contributed by atoms with E-state index in [4.69, 9.17) is 21.6 Å². The highest BCUT2D eigenvalue weighted by atomic mass is 16.5. The van der Waals surface area contributed by atoms with E-state index in [-0.39, 0.29) is 5.70 Å². The van der Waals surface area contributed by atoms with Crippen LogP contribution in [0.3, 0.4) is 0 Å². The SMILES string of the molecule is COc1cccc(-c2cccc(/C(N)=C(\C#N)NN)c2)c1. The number of nitrogens with one attached hydrogen (secondary N) is 1. The van der Waals surface area contributed by atoms with E-state index >= 15 is 0 Å². The molecule has 106 valence electrons. The van der Waals surface area contributed by atoms with Gasteiger partial charge in [-0.25, -0.2) is 5.84 Å². The number of nitriles is 1. The molecule has 0 aliphatic rings. The lowest BCUT2D eigenvalue weighted by Crippen LogP contribution is -2.23. The van der Waals surface area contributed by atoms with Gasteiger partial charge in [0, 0.05) is 5.56 Å². The molecule has 0 spiro atoms. The standard InChI is InChI=1S/C16H16N4O/c1-21-14-7-3-5-12(9-14)11-4-2-6-13(8-11)16(18)15(10-17)20-19/h2-9,20H,18-19H2,1H3/b16-15-. The van der Waals surface area contributed by atoms with Gasteiger partial charge in [0.05, 0.1) is 12.8 Å². The lowest BCUT2D eigenvalue weighted by Gasteiger charge is -2.09. The molecule has 21 heavy (non-hydrogen) atoms. The van der Waals surface area contributed by atoms with Gasteiger partial charge in [-0.05, 0) is 29.3 Å². The molecule has 2 aromatic rings. The van der Waals surface area contributed by atoms with Crippen LogP contribution in [0.1, 0.15) is 5.56 Å². The summed E-state index contributed by atoms with van der Waals surface area (Å²) in [5.41, 5.74) is 11.4. The topological polar surface area (TPSA) is 97.1 Å². The maximum absolute atomic E-state index is 8.97. The van der Waals surface area contributed by atoms with Crippen LogP contribution in [0.25, 0.3) is 16.8 Å². The summed E-state index contributed by atoms with van der Waals surface area (Å²) in [6, 6.07) is 17.2. The molecule has 0 aliphatic heterocycles. The zero-order valence-electron chi connectivity index (χ0n) is 11.6. The Hall–Kier alpha value is -2.97. The Morgan fingerprint density at radius 2 is 1.81 bits per heavy atom. The van der Waals surface area contributed by atoms with E-state index in [1.54, 1.807) is 7.11 Å². The molecule has 0 heterocycles. The smallest absolute Gasteiger partial charge is 0.151 e. The van der Waals surface area contributed by atoms with Gasteiger partial charge < -0.3 is 15.9 Å². The second-order valence-electron chi connectivity index (χ2n) is 4.36. The van der Waals surface area contributed by atoms with E-state index in [2.05, 4.69) is 5.43 Å². The van der Waals surface area contributed by atoms with Gasteiger partial charge in [0.25, 0.3) is 0 Å². The fraction of sp³-hybridized carbons (Fsp3) is 0.0625. The van der Waals surface area contributed by atoms with Gasteiger partial charge in [-0.15, -0.1) is 0 Å². The minimum Gasteiger partial charge on any atom is -0.497 e. The van der Waals surface area contributed by atoms with Crippen LogP contribution in [0, 0.1) is 11.3 Å². The summed E-state index contributed by atoms with van der Waals surface area (Å²) in [4.78, 5) is 0. The molecule has 2 rings (SSSR count). The molecule has 0 atom stereocenters. The Bertz CT molecular complexity index is 716. The molecule has 2 aromatic carbocycles. The zero-order chi connectivity index (χ0) is 15.2. The number of ether oxygens (including phenoxy) is 1. The first-order chi connectivity index (χ1) is 10.2. The second-order valence-corrected chi connectivity index (χ2v) is 4.36. The van der Waals surface area contributed by atoms with Crippen molar-refractivity contribution >= 4 is 5.70 Å². The average molecular weight is 280 g/mol. The normalized spacial score (nSPS) is 11.3. The molecule has 0 amide bonds. The first-order valence-corrected chi connectivity index (χ1v) is 6.31. The van der Waals surface area contributed by atoms with Crippen molar-refractivity contribution in [2.45, 2.75) is 0 Å². The maximum Gasteiger partial charge on any atom is 0.151 e. The summed E-state index contributed by atoms with van der Waals surface area (Å²) in [5.74, 6) is 6.06. The van der Waals surface area contributed by atoms with Crippen LogP contribution in [0.4, 0.5) is 0 Å². The Kier molecular flexibility index (Phi) is 4.44. The van der Waals surface area contributed by atoms with Crippen LogP contribution in [-0.4, -0.2) is 7.11 Å². The van der Waals surface area contributed by atoms with Crippen molar-refractivity contribution in [3.63, 3.8) is 0 Å². The first kappa shape index (κ1) is 14.4. The number of benzene rings is 2. The van der Waals surface area contributed by atoms with E-state index in [0.29, 0.717) is 5.70 Å². The van der Waals surface area contributed by atoms with E-state index in [0.717, 1.165) is 22.4 Å². The molecule has 0 saturated heterocycles. The molecular weight excluding hydrogens is 264 g/mol. The number of rotatable bonds is 4. The highest BCUT2D eigenvalue weighted by molar-refractivity contribution is 5.74. The highest BCUT2D eigenvalue weighted by Gasteiger charge is 2.06. The van der Waals surface area contributed by atoms with Gasteiger partial charge in [0.1, 0.15) is 11.8 Å². The minimum atomic E-state index is 0.137. The summed E-state index contributed by atoms with van der Waals surface area (Å²) >= 11 is 0. The number of nitrogens with two attached hydrogens (primary N) is 2.